The Morgan fingerprint density at radius 2 is 1.79 bits per heavy atom. The summed E-state index contributed by atoms with van der Waals surface area (Å²) in [5.41, 5.74) is 3.70. The van der Waals surface area contributed by atoms with E-state index in [1.54, 1.807) is 0 Å². The standard InChI is InChI=1S/C16H16F4N2O2/c17-9-4-10(18)6-11(5-9)22-12(13(21)23)7-15(14(22)24)2-1-3-16(19,20)8-15/h4-6,12H,1-3,7-8H2,(H2,21,23)/t12?,15-/m0/s1. The second kappa shape index (κ2) is 5.46. The first-order chi connectivity index (χ1) is 11.1. The van der Waals surface area contributed by atoms with Crippen molar-refractivity contribution in [3.63, 3.8) is 0 Å². The molecule has 1 saturated carbocycles. The van der Waals surface area contributed by atoms with Gasteiger partial charge in [0, 0.05) is 18.9 Å². The van der Waals surface area contributed by atoms with E-state index in [2.05, 4.69) is 0 Å². The molecule has 0 aromatic heterocycles. The summed E-state index contributed by atoms with van der Waals surface area (Å²) in [4.78, 5) is 25.5. The number of carbonyl (C=O) groups excluding carboxylic acids is 2. The zero-order valence-electron chi connectivity index (χ0n) is 12.7. The Bertz CT molecular complexity index is 689. The van der Waals surface area contributed by atoms with Gasteiger partial charge in [0.2, 0.25) is 17.7 Å². The van der Waals surface area contributed by atoms with Gasteiger partial charge in [0.1, 0.15) is 17.7 Å². The first kappa shape index (κ1) is 16.7. The zero-order valence-corrected chi connectivity index (χ0v) is 12.7. The van der Waals surface area contributed by atoms with Gasteiger partial charge in [0.25, 0.3) is 0 Å². The molecule has 2 amide bonds. The highest BCUT2D eigenvalue weighted by atomic mass is 19.3. The van der Waals surface area contributed by atoms with E-state index < -0.39 is 47.2 Å². The summed E-state index contributed by atoms with van der Waals surface area (Å²) in [6.45, 7) is 0. The van der Waals surface area contributed by atoms with Gasteiger partial charge in [0.05, 0.1) is 11.1 Å². The number of amides is 2. The number of halogens is 4. The highest BCUT2D eigenvalue weighted by Crippen LogP contribution is 2.52. The number of anilines is 1. The van der Waals surface area contributed by atoms with Crippen molar-refractivity contribution in [2.75, 3.05) is 4.90 Å². The summed E-state index contributed by atoms with van der Waals surface area (Å²) < 4.78 is 54.7. The summed E-state index contributed by atoms with van der Waals surface area (Å²) in [6, 6.07) is 1.19. The van der Waals surface area contributed by atoms with Crippen LogP contribution in [0.2, 0.25) is 0 Å². The average molecular weight is 344 g/mol. The van der Waals surface area contributed by atoms with Crippen LogP contribution in [0.1, 0.15) is 32.1 Å². The van der Waals surface area contributed by atoms with Gasteiger partial charge in [-0.25, -0.2) is 17.6 Å². The third-order valence-electron chi connectivity index (χ3n) is 4.82. The van der Waals surface area contributed by atoms with Crippen LogP contribution in [-0.2, 0) is 9.59 Å². The molecule has 1 aromatic rings. The third-order valence-corrected chi connectivity index (χ3v) is 4.82. The second-order valence-electron chi connectivity index (χ2n) is 6.59. The van der Waals surface area contributed by atoms with E-state index >= 15 is 0 Å². The SMILES string of the molecule is NC(=O)C1C[C@]2(CCCC(F)(F)C2)C(=O)N1c1cc(F)cc(F)c1. The van der Waals surface area contributed by atoms with Gasteiger partial charge in [0.15, 0.2) is 0 Å². The highest BCUT2D eigenvalue weighted by Gasteiger charge is 2.59. The smallest absolute Gasteiger partial charge is 0.249 e. The molecule has 2 aliphatic rings. The van der Waals surface area contributed by atoms with Crippen molar-refractivity contribution >= 4 is 17.5 Å². The second-order valence-corrected chi connectivity index (χ2v) is 6.59. The van der Waals surface area contributed by atoms with Crippen LogP contribution in [0.4, 0.5) is 23.2 Å². The molecule has 1 spiro atoms. The quantitative estimate of drug-likeness (QED) is 0.839. The minimum Gasteiger partial charge on any atom is -0.368 e. The molecule has 2 fully saturated rings. The molecule has 1 aromatic carbocycles. The average Bonchev–Trinajstić information content (AvgIpc) is 2.70. The molecule has 1 aliphatic heterocycles. The van der Waals surface area contributed by atoms with Crippen molar-refractivity contribution in [1.29, 1.82) is 0 Å². The zero-order chi connectivity index (χ0) is 17.7. The Kier molecular flexibility index (Phi) is 3.80. The molecule has 0 bridgehead atoms. The fourth-order valence-corrected chi connectivity index (χ4v) is 3.86. The third kappa shape index (κ3) is 2.74. The number of nitrogens with zero attached hydrogens (tertiary/aromatic N) is 1. The van der Waals surface area contributed by atoms with E-state index in [0.717, 1.165) is 17.0 Å². The molecule has 1 aliphatic carbocycles. The maximum absolute atomic E-state index is 13.9. The Morgan fingerprint density at radius 1 is 1.17 bits per heavy atom. The number of carbonyl (C=O) groups is 2. The van der Waals surface area contributed by atoms with Gasteiger partial charge in [-0.15, -0.1) is 0 Å². The number of rotatable bonds is 2. The summed E-state index contributed by atoms with van der Waals surface area (Å²) in [7, 11) is 0. The number of benzene rings is 1. The number of nitrogens with two attached hydrogens (primary N) is 1. The largest absolute Gasteiger partial charge is 0.368 e. The lowest BCUT2D eigenvalue weighted by Crippen LogP contribution is -2.44. The van der Waals surface area contributed by atoms with E-state index in [9.17, 15) is 27.2 Å². The van der Waals surface area contributed by atoms with E-state index in [-0.39, 0.29) is 31.4 Å². The fraction of sp³-hybridized carbons (Fsp3) is 0.500. The minimum absolute atomic E-state index is 0.134. The Morgan fingerprint density at radius 3 is 2.33 bits per heavy atom. The van der Waals surface area contributed by atoms with Crippen LogP contribution in [0, 0.1) is 17.0 Å². The lowest BCUT2D eigenvalue weighted by molar-refractivity contribution is -0.138. The lowest BCUT2D eigenvalue weighted by Gasteiger charge is -2.36. The van der Waals surface area contributed by atoms with Crippen LogP contribution in [0.25, 0.3) is 0 Å². The summed E-state index contributed by atoms with van der Waals surface area (Å²) in [5.74, 6) is -6.50. The van der Waals surface area contributed by atoms with E-state index in [1.807, 2.05) is 0 Å². The van der Waals surface area contributed by atoms with Crippen LogP contribution in [0.5, 0.6) is 0 Å². The Balaban J connectivity index is 2.04. The first-order valence-corrected chi connectivity index (χ1v) is 7.61. The van der Waals surface area contributed by atoms with E-state index in [4.69, 9.17) is 5.73 Å². The number of primary amides is 1. The molecule has 130 valence electrons. The molecule has 3 rings (SSSR count). The number of hydrogen-bond acceptors (Lipinski definition) is 2. The van der Waals surface area contributed by atoms with Crippen molar-refractivity contribution < 1.29 is 27.2 Å². The predicted molar refractivity (Wildman–Crippen MR) is 77.3 cm³/mol. The minimum atomic E-state index is -3.01. The summed E-state index contributed by atoms with van der Waals surface area (Å²) in [5, 5.41) is 0. The van der Waals surface area contributed by atoms with Crippen molar-refractivity contribution in [1.82, 2.24) is 0 Å². The van der Waals surface area contributed by atoms with Gasteiger partial charge in [-0.05, 0) is 31.4 Å². The number of hydrogen-bond donors (Lipinski definition) is 1. The molecule has 24 heavy (non-hydrogen) atoms. The Hall–Kier alpha value is -2.12. The van der Waals surface area contributed by atoms with E-state index in [1.165, 1.54) is 0 Å². The molecule has 1 heterocycles. The van der Waals surface area contributed by atoms with Gasteiger partial charge in [-0.1, -0.05) is 0 Å². The van der Waals surface area contributed by atoms with Gasteiger partial charge in [-0.3, -0.25) is 14.5 Å². The van der Waals surface area contributed by atoms with Gasteiger partial charge in [-0.2, -0.15) is 0 Å². The maximum atomic E-state index is 13.9. The topological polar surface area (TPSA) is 63.4 Å². The monoisotopic (exact) mass is 344 g/mol. The van der Waals surface area contributed by atoms with Crippen molar-refractivity contribution in [2.24, 2.45) is 11.1 Å². The van der Waals surface area contributed by atoms with Crippen molar-refractivity contribution in [3.8, 4) is 0 Å². The molecule has 2 atom stereocenters. The van der Waals surface area contributed by atoms with Crippen molar-refractivity contribution in [2.45, 2.75) is 44.1 Å². The predicted octanol–water partition coefficient (Wildman–Crippen LogP) is 2.75. The molecule has 8 heteroatoms. The summed E-state index contributed by atoms with van der Waals surface area (Å²) in [6.07, 6.45) is -0.848. The molecular weight excluding hydrogens is 328 g/mol. The summed E-state index contributed by atoms with van der Waals surface area (Å²) >= 11 is 0. The Labute approximate surface area is 135 Å². The van der Waals surface area contributed by atoms with Crippen LogP contribution >= 0.6 is 0 Å². The maximum Gasteiger partial charge on any atom is 0.249 e. The van der Waals surface area contributed by atoms with Crippen LogP contribution < -0.4 is 10.6 Å². The van der Waals surface area contributed by atoms with E-state index in [0.29, 0.717) is 6.07 Å². The van der Waals surface area contributed by atoms with Gasteiger partial charge >= 0.3 is 0 Å². The van der Waals surface area contributed by atoms with Crippen LogP contribution in [0.3, 0.4) is 0 Å². The molecule has 0 radical (unpaired) electrons. The van der Waals surface area contributed by atoms with Crippen LogP contribution in [0.15, 0.2) is 18.2 Å². The molecule has 1 saturated heterocycles. The number of alkyl halides is 2. The molecule has 4 nitrogen and oxygen atoms in total. The molecule has 2 N–H and O–H groups in total. The van der Waals surface area contributed by atoms with Crippen molar-refractivity contribution in [3.05, 3.63) is 29.8 Å². The fourth-order valence-electron chi connectivity index (χ4n) is 3.86. The highest BCUT2D eigenvalue weighted by molar-refractivity contribution is 6.06. The molecule has 1 unspecified atom stereocenters. The lowest BCUT2D eigenvalue weighted by atomic mass is 9.70. The van der Waals surface area contributed by atoms with Crippen LogP contribution in [-0.4, -0.2) is 23.8 Å². The first-order valence-electron chi connectivity index (χ1n) is 7.61. The molecular formula is C16H16F4N2O2. The van der Waals surface area contributed by atoms with Gasteiger partial charge < -0.3 is 5.73 Å². The normalized spacial score (nSPS) is 29.2.